The Morgan fingerprint density at radius 3 is 2.54 bits per heavy atom. The van der Waals surface area contributed by atoms with Crippen molar-refractivity contribution >= 4 is 53.3 Å². The summed E-state index contributed by atoms with van der Waals surface area (Å²) in [5, 5.41) is 5.62. The van der Waals surface area contributed by atoms with E-state index in [1.165, 1.54) is 54.0 Å². The van der Waals surface area contributed by atoms with Crippen LogP contribution >= 0.6 is 11.3 Å². The fraction of sp³-hybridized carbons (Fsp3) is 0.182. The Morgan fingerprint density at radius 1 is 0.833 bits per heavy atom. The van der Waals surface area contributed by atoms with Crippen LogP contribution in [0.2, 0.25) is 0 Å². The van der Waals surface area contributed by atoms with Crippen LogP contribution in [0, 0.1) is 0 Å². The van der Waals surface area contributed by atoms with Crippen molar-refractivity contribution in [2.75, 3.05) is 0 Å². The number of thiophene rings is 1. The second-order valence-electron chi connectivity index (χ2n) is 6.59. The molecule has 1 nitrogen and oxygen atoms in total. The quantitative estimate of drug-likeness (QED) is 0.341. The minimum atomic E-state index is 1.15. The monoisotopic (exact) mass is 329 g/mol. The molecule has 5 aromatic rings. The minimum Gasteiger partial charge on any atom is -0.344 e. The van der Waals surface area contributed by atoms with E-state index in [9.17, 15) is 0 Å². The Labute approximate surface area is 145 Å². The van der Waals surface area contributed by atoms with Crippen molar-refractivity contribution in [2.45, 2.75) is 19.8 Å². The van der Waals surface area contributed by atoms with E-state index in [0.29, 0.717) is 0 Å². The Kier molecular flexibility index (Phi) is 2.98. The average Bonchev–Trinajstić information content (AvgIpc) is 3.11. The van der Waals surface area contributed by atoms with E-state index in [2.05, 4.69) is 73.1 Å². The molecular weight excluding hydrogens is 310 g/mol. The van der Waals surface area contributed by atoms with Gasteiger partial charge in [0.05, 0.1) is 0 Å². The smallest absolute Gasteiger partial charge is 0.0496 e. The van der Waals surface area contributed by atoms with Crippen LogP contribution in [0.5, 0.6) is 0 Å². The van der Waals surface area contributed by atoms with Crippen molar-refractivity contribution in [2.24, 2.45) is 7.05 Å². The van der Waals surface area contributed by atoms with Crippen LogP contribution in [0.15, 0.2) is 54.6 Å². The number of para-hydroxylation sites is 1. The van der Waals surface area contributed by atoms with Crippen molar-refractivity contribution in [3.63, 3.8) is 0 Å². The SMILES string of the molecule is CCCc1ccc2sc3ccc4c(c5ccccc5n4C)c3c2c1. The predicted octanol–water partition coefficient (Wildman–Crippen LogP) is 6.65. The summed E-state index contributed by atoms with van der Waals surface area (Å²) in [4.78, 5) is 0. The Morgan fingerprint density at radius 2 is 1.67 bits per heavy atom. The van der Waals surface area contributed by atoms with Gasteiger partial charge in [0.2, 0.25) is 0 Å². The first kappa shape index (κ1) is 14.1. The Bertz CT molecular complexity index is 1220. The molecule has 0 saturated heterocycles. The Hall–Kier alpha value is -2.32. The number of benzene rings is 3. The standard InChI is InChI=1S/C22H19NS/c1-3-6-14-9-11-19-16(13-14)22-20(24-19)12-10-18-21(22)15-7-4-5-8-17(15)23(18)2/h4-5,7-13H,3,6H2,1-2H3. The second kappa shape index (κ2) is 5.09. The maximum atomic E-state index is 2.42. The molecule has 2 aromatic heterocycles. The normalized spacial score (nSPS) is 12.1. The topological polar surface area (TPSA) is 4.93 Å². The molecule has 0 aliphatic carbocycles. The fourth-order valence-electron chi connectivity index (χ4n) is 4.01. The summed E-state index contributed by atoms with van der Waals surface area (Å²) in [5.74, 6) is 0. The molecule has 3 aromatic carbocycles. The molecule has 0 aliphatic rings. The highest BCUT2D eigenvalue weighted by molar-refractivity contribution is 7.26. The summed E-state index contributed by atoms with van der Waals surface area (Å²) in [5.41, 5.74) is 4.08. The van der Waals surface area contributed by atoms with E-state index < -0.39 is 0 Å². The first-order valence-corrected chi connectivity index (χ1v) is 9.41. The van der Waals surface area contributed by atoms with Gasteiger partial charge in [-0.15, -0.1) is 11.3 Å². The van der Waals surface area contributed by atoms with E-state index in [1.807, 2.05) is 11.3 Å². The molecule has 0 radical (unpaired) electrons. The molecule has 0 fully saturated rings. The number of aromatic nitrogens is 1. The third kappa shape index (κ3) is 1.81. The van der Waals surface area contributed by atoms with Crippen molar-refractivity contribution in [1.82, 2.24) is 4.57 Å². The molecule has 0 unspecified atom stereocenters. The Balaban J connectivity index is 2.03. The third-order valence-corrected chi connectivity index (χ3v) is 6.25. The molecule has 0 aliphatic heterocycles. The number of aryl methyl sites for hydroxylation is 2. The van der Waals surface area contributed by atoms with Gasteiger partial charge >= 0.3 is 0 Å². The van der Waals surface area contributed by atoms with Crippen molar-refractivity contribution in [3.8, 4) is 0 Å². The molecule has 0 spiro atoms. The molecule has 0 saturated carbocycles. The summed E-state index contributed by atoms with van der Waals surface area (Å²) in [6.07, 6.45) is 2.34. The van der Waals surface area contributed by atoms with Crippen molar-refractivity contribution in [1.29, 1.82) is 0 Å². The van der Waals surface area contributed by atoms with Crippen LogP contribution in [-0.4, -0.2) is 4.57 Å². The first-order chi connectivity index (χ1) is 11.8. The van der Waals surface area contributed by atoms with E-state index >= 15 is 0 Å². The van der Waals surface area contributed by atoms with Crippen LogP contribution in [-0.2, 0) is 13.5 Å². The van der Waals surface area contributed by atoms with Crippen LogP contribution in [0.25, 0.3) is 42.0 Å². The predicted molar refractivity (Wildman–Crippen MR) is 107 cm³/mol. The molecule has 0 bridgehead atoms. The maximum absolute atomic E-state index is 2.42. The minimum absolute atomic E-state index is 1.15. The average molecular weight is 329 g/mol. The molecule has 0 N–H and O–H groups in total. The number of hydrogen-bond donors (Lipinski definition) is 0. The van der Waals surface area contributed by atoms with E-state index in [-0.39, 0.29) is 0 Å². The van der Waals surface area contributed by atoms with Crippen LogP contribution in [0.1, 0.15) is 18.9 Å². The molecule has 2 heteroatoms. The summed E-state index contributed by atoms with van der Waals surface area (Å²) in [6.45, 7) is 2.25. The van der Waals surface area contributed by atoms with E-state index in [4.69, 9.17) is 0 Å². The molecule has 0 amide bonds. The van der Waals surface area contributed by atoms with Gasteiger partial charge in [-0.3, -0.25) is 0 Å². The highest BCUT2D eigenvalue weighted by Crippen LogP contribution is 2.42. The zero-order valence-electron chi connectivity index (χ0n) is 14.0. The molecule has 0 atom stereocenters. The van der Waals surface area contributed by atoms with Gasteiger partial charge in [0.1, 0.15) is 0 Å². The highest BCUT2D eigenvalue weighted by Gasteiger charge is 2.15. The molecule has 5 rings (SSSR count). The lowest BCUT2D eigenvalue weighted by atomic mass is 10.0. The van der Waals surface area contributed by atoms with Gasteiger partial charge in [-0.1, -0.05) is 37.6 Å². The summed E-state index contributed by atoms with van der Waals surface area (Å²) >= 11 is 1.91. The lowest BCUT2D eigenvalue weighted by molar-refractivity contribution is 0.924. The van der Waals surface area contributed by atoms with Crippen LogP contribution in [0.3, 0.4) is 0 Å². The van der Waals surface area contributed by atoms with Gasteiger partial charge < -0.3 is 4.57 Å². The van der Waals surface area contributed by atoms with Crippen LogP contribution < -0.4 is 0 Å². The second-order valence-corrected chi connectivity index (χ2v) is 7.68. The van der Waals surface area contributed by atoms with Gasteiger partial charge in [0.15, 0.2) is 0 Å². The summed E-state index contributed by atoms with van der Waals surface area (Å²) < 4.78 is 5.11. The van der Waals surface area contributed by atoms with Crippen molar-refractivity contribution < 1.29 is 0 Å². The number of hydrogen-bond acceptors (Lipinski definition) is 1. The lowest BCUT2D eigenvalue weighted by Gasteiger charge is -2.01. The number of fused-ring (bicyclic) bond motifs is 7. The van der Waals surface area contributed by atoms with E-state index in [0.717, 1.165) is 6.42 Å². The van der Waals surface area contributed by atoms with Gasteiger partial charge in [-0.05, 0) is 42.3 Å². The maximum Gasteiger partial charge on any atom is 0.0496 e. The zero-order chi connectivity index (χ0) is 16.3. The van der Waals surface area contributed by atoms with Gasteiger partial charge in [0, 0.05) is 49.0 Å². The van der Waals surface area contributed by atoms with Crippen LogP contribution in [0.4, 0.5) is 0 Å². The highest BCUT2D eigenvalue weighted by atomic mass is 32.1. The first-order valence-electron chi connectivity index (χ1n) is 8.59. The fourth-order valence-corrected chi connectivity index (χ4v) is 5.10. The van der Waals surface area contributed by atoms with Gasteiger partial charge in [-0.25, -0.2) is 0 Å². The summed E-state index contributed by atoms with van der Waals surface area (Å²) in [6, 6.07) is 20.3. The van der Waals surface area contributed by atoms with E-state index in [1.54, 1.807) is 0 Å². The van der Waals surface area contributed by atoms with Gasteiger partial charge in [-0.2, -0.15) is 0 Å². The lowest BCUT2D eigenvalue weighted by Crippen LogP contribution is -1.85. The molecule has 2 heterocycles. The summed E-state index contributed by atoms with van der Waals surface area (Å²) in [7, 11) is 2.17. The zero-order valence-corrected chi connectivity index (χ0v) is 14.8. The largest absolute Gasteiger partial charge is 0.344 e. The molecule has 118 valence electrons. The molecule has 24 heavy (non-hydrogen) atoms. The number of rotatable bonds is 2. The number of nitrogens with zero attached hydrogens (tertiary/aromatic N) is 1. The van der Waals surface area contributed by atoms with Gasteiger partial charge in [0.25, 0.3) is 0 Å². The molecular formula is C22H19NS. The third-order valence-electron chi connectivity index (χ3n) is 5.11. The van der Waals surface area contributed by atoms with Crippen molar-refractivity contribution in [3.05, 3.63) is 60.2 Å².